The monoisotopic (exact) mass is 436 g/mol. The van der Waals surface area contributed by atoms with Crippen molar-refractivity contribution in [3.63, 3.8) is 0 Å². The molecule has 0 bridgehead atoms. The van der Waals surface area contributed by atoms with E-state index in [0.717, 1.165) is 16.9 Å². The second-order valence-corrected chi connectivity index (χ2v) is 7.61. The van der Waals surface area contributed by atoms with E-state index in [1.165, 1.54) is 6.07 Å². The lowest BCUT2D eigenvalue weighted by Gasteiger charge is -2.11. The number of nitrogens with one attached hydrogen (secondary N) is 1. The highest BCUT2D eigenvalue weighted by molar-refractivity contribution is 7.99. The van der Waals surface area contributed by atoms with Gasteiger partial charge in [-0.25, -0.2) is 4.98 Å². The molecule has 0 aliphatic heterocycles. The Balaban J connectivity index is 1.59. The molecule has 5 nitrogen and oxygen atoms in total. The number of thioether (sulfide) groups is 1. The maximum Gasteiger partial charge on any atom is 0.288 e. The molecule has 0 saturated carbocycles. The largest absolute Gasteiger partial charge is 0.490 e. The minimum atomic E-state index is -2.57. The van der Waals surface area contributed by atoms with Crippen molar-refractivity contribution in [1.82, 2.24) is 10.3 Å². The molecule has 0 fully saturated rings. The molecule has 29 heavy (non-hydrogen) atoms. The molecule has 9 heteroatoms. The molecule has 3 aromatic rings. The van der Waals surface area contributed by atoms with Gasteiger partial charge in [-0.2, -0.15) is 8.78 Å². The fourth-order valence-electron chi connectivity index (χ4n) is 2.41. The molecule has 2 aromatic heterocycles. The van der Waals surface area contributed by atoms with Crippen LogP contribution in [0.2, 0.25) is 0 Å². The van der Waals surface area contributed by atoms with E-state index in [1.54, 1.807) is 29.8 Å². The summed E-state index contributed by atoms with van der Waals surface area (Å²) in [5, 5.41) is 4.34. The second-order valence-electron chi connectivity index (χ2n) is 5.66. The lowest BCUT2D eigenvalue weighted by Crippen LogP contribution is -2.22. The molecule has 0 spiro atoms. The molecule has 0 radical (unpaired) electrons. The zero-order chi connectivity index (χ0) is 20.6. The van der Waals surface area contributed by atoms with Crippen molar-refractivity contribution in [2.75, 3.05) is 6.61 Å². The smallest absolute Gasteiger partial charge is 0.288 e. The second kappa shape index (κ2) is 10.2. The van der Waals surface area contributed by atoms with Gasteiger partial charge in [-0.15, -0.1) is 11.3 Å². The lowest BCUT2D eigenvalue weighted by molar-refractivity contribution is 0.0952. The fraction of sp³-hybridized carbons (Fsp3) is 0.200. The van der Waals surface area contributed by atoms with Gasteiger partial charge >= 0.3 is 0 Å². The number of thiophene rings is 1. The first-order valence-electron chi connectivity index (χ1n) is 8.72. The number of ether oxygens (including phenoxy) is 2. The van der Waals surface area contributed by atoms with Crippen molar-refractivity contribution in [3.8, 4) is 17.4 Å². The SMILES string of the molecule is CCOc1ccccc1Oc1ccc(CNC(=O)c2sccc2SC(F)F)cn1. The van der Waals surface area contributed by atoms with Gasteiger partial charge in [0.25, 0.3) is 11.7 Å². The molecule has 0 saturated heterocycles. The molecule has 3 rings (SSSR count). The van der Waals surface area contributed by atoms with Crippen molar-refractivity contribution in [2.45, 2.75) is 24.1 Å². The number of carbonyl (C=O) groups excluding carboxylic acids is 1. The first kappa shape index (κ1) is 21.1. The van der Waals surface area contributed by atoms with Crippen LogP contribution in [0.5, 0.6) is 17.4 Å². The molecule has 0 aliphatic rings. The highest BCUT2D eigenvalue weighted by Crippen LogP contribution is 2.32. The van der Waals surface area contributed by atoms with Gasteiger partial charge in [0.2, 0.25) is 5.88 Å². The summed E-state index contributed by atoms with van der Waals surface area (Å²) in [4.78, 5) is 17.1. The third-order valence-electron chi connectivity index (χ3n) is 3.67. The number of pyridine rings is 1. The third-order valence-corrected chi connectivity index (χ3v) is 5.48. The Hall–Kier alpha value is -2.65. The van der Waals surface area contributed by atoms with E-state index < -0.39 is 11.7 Å². The number of aromatic nitrogens is 1. The predicted octanol–water partition coefficient (Wildman–Crippen LogP) is 5.58. The average Bonchev–Trinajstić information content (AvgIpc) is 3.16. The van der Waals surface area contributed by atoms with Crippen LogP contribution in [0.4, 0.5) is 8.78 Å². The Morgan fingerprint density at radius 1 is 1.21 bits per heavy atom. The standard InChI is InChI=1S/C20H18F2N2O3S2/c1-2-26-14-5-3-4-6-15(14)27-17-8-7-13(11-23-17)12-24-19(25)18-16(9-10-28-18)29-20(21)22/h3-11,20H,2,12H2,1H3,(H,24,25). The summed E-state index contributed by atoms with van der Waals surface area (Å²) in [5.74, 6) is -1.39. The highest BCUT2D eigenvalue weighted by atomic mass is 32.2. The minimum Gasteiger partial charge on any atom is -0.490 e. The zero-order valence-electron chi connectivity index (χ0n) is 15.4. The lowest BCUT2D eigenvalue weighted by atomic mass is 10.3. The summed E-state index contributed by atoms with van der Waals surface area (Å²) in [5.41, 5.74) is 0.753. The van der Waals surface area contributed by atoms with Crippen LogP contribution in [0, 0.1) is 0 Å². The molecule has 1 aromatic carbocycles. The van der Waals surface area contributed by atoms with Crippen LogP contribution in [0.15, 0.2) is 58.9 Å². The molecule has 152 valence electrons. The van der Waals surface area contributed by atoms with E-state index in [9.17, 15) is 13.6 Å². The van der Waals surface area contributed by atoms with Crippen LogP contribution in [0.3, 0.4) is 0 Å². The van der Waals surface area contributed by atoms with Gasteiger partial charge in [0.15, 0.2) is 11.5 Å². The van der Waals surface area contributed by atoms with Gasteiger partial charge in [-0.1, -0.05) is 30.0 Å². The van der Waals surface area contributed by atoms with Crippen LogP contribution in [0.1, 0.15) is 22.2 Å². The summed E-state index contributed by atoms with van der Waals surface area (Å²) in [6.45, 7) is 2.63. The Morgan fingerprint density at radius 2 is 2.00 bits per heavy atom. The number of carbonyl (C=O) groups is 1. The molecule has 0 unspecified atom stereocenters. The normalized spacial score (nSPS) is 10.8. The topological polar surface area (TPSA) is 60.5 Å². The number of hydrogen-bond donors (Lipinski definition) is 1. The summed E-state index contributed by atoms with van der Waals surface area (Å²) >= 11 is 1.50. The van der Waals surface area contributed by atoms with E-state index in [-0.39, 0.29) is 16.3 Å². The van der Waals surface area contributed by atoms with E-state index in [0.29, 0.717) is 35.7 Å². The Kier molecular flexibility index (Phi) is 7.42. The Morgan fingerprint density at radius 3 is 2.69 bits per heavy atom. The average molecular weight is 437 g/mol. The van der Waals surface area contributed by atoms with E-state index in [1.807, 2.05) is 25.1 Å². The maximum absolute atomic E-state index is 12.6. The van der Waals surface area contributed by atoms with Crippen molar-refractivity contribution in [3.05, 3.63) is 64.5 Å². The number of benzene rings is 1. The molecule has 0 aliphatic carbocycles. The van der Waals surface area contributed by atoms with Gasteiger partial charge in [0.1, 0.15) is 4.88 Å². The van der Waals surface area contributed by atoms with Crippen molar-refractivity contribution < 1.29 is 23.0 Å². The van der Waals surface area contributed by atoms with Crippen LogP contribution in [-0.4, -0.2) is 23.3 Å². The van der Waals surface area contributed by atoms with Crippen LogP contribution < -0.4 is 14.8 Å². The number of para-hydroxylation sites is 2. The van der Waals surface area contributed by atoms with E-state index in [2.05, 4.69) is 10.3 Å². The number of halogens is 2. The summed E-state index contributed by atoms with van der Waals surface area (Å²) < 4.78 is 36.4. The molecular formula is C20H18F2N2O3S2. The molecular weight excluding hydrogens is 418 g/mol. The van der Waals surface area contributed by atoms with E-state index >= 15 is 0 Å². The van der Waals surface area contributed by atoms with Gasteiger partial charge in [-0.05, 0) is 36.1 Å². The van der Waals surface area contributed by atoms with Crippen molar-refractivity contribution in [1.29, 1.82) is 0 Å². The van der Waals surface area contributed by atoms with Gasteiger partial charge in [0, 0.05) is 23.7 Å². The summed E-state index contributed by atoms with van der Waals surface area (Å²) in [6, 6.07) is 12.3. The number of alkyl halides is 2. The van der Waals surface area contributed by atoms with Crippen molar-refractivity contribution >= 4 is 29.0 Å². The van der Waals surface area contributed by atoms with Gasteiger partial charge in [0.05, 0.1) is 6.61 Å². The predicted molar refractivity (Wildman–Crippen MR) is 109 cm³/mol. The minimum absolute atomic E-state index is 0.221. The molecule has 1 amide bonds. The van der Waals surface area contributed by atoms with Crippen molar-refractivity contribution in [2.24, 2.45) is 0 Å². The number of hydrogen-bond acceptors (Lipinski definition) is 6. The molecule has 0 atom stereocenters. The molecule has 1 N–H and O–H groups in total. The Labute approximate surface area is 175 Å². The Bertz CT molecular complexity index is 949. The number of nitrogens with zero attached hydrogens (tertiary/aromatic N) is 1. The quantitative estimate of drug-likeness (QED) is 0.444. The van der Waals surface area contributed by atoms with Crippen LogP contribution in [0.25, 0.3) is 0 Å². The highest BCUT2D eigenvalue weighted by Gasteiger charge is 2.17. The van der Waals surface area contributed by atoms with Crippen LogP contribution in [-0.2, 0) is 6.54 Å². The van der Waals surface area contributed by atoms with E-state index in [4.69, 9.17) is 9.47 Å². The van der Waals surface area contributed by atoms with Crippen LogP contribution >= 0.6 is 23.1 Å². The maximum atomic E-state index is 12.6. The fourth-order valence-corrected chi connectivity index (χ4v) is 4.03. The zero-order valence-corrected chi connectivity index (χ0v) is 17.1. The first-order valence-corrected chi connectivity index (χ1v) is 10.5. The van der Waals surface area contributed by atoms with Gasteiger partial charge < -0.3 is 14.8 Å². The first-order chi connectivity index (χ1) is 14.1. The third kappa shape index (κ3) is 5.91. The van der Waals surface area contributed by atoms with Gasteiger partial charge in [-0.3, -0.25) is 4.79 Å². The summed E-state index contributed by atoms with van der Waals surface area (Å²) in [7, 11) is 0. The number of rotatable bonds is 9. The summed E-state index contributed by atoms with van der Waals surface area (Å²) in [6.07, 6.45) is 1.59. The number of amides is 1. The molecule has 2 heterocycles.